The van der Waals surface area contributed by atoms with Crippen molar-refractivity contribution in [2.24, 2.45) is 11.8 Å². The predicted octanol–water partition coefficient (Wildman–Crippen LogP) is 4.56. The first kappa shape index (κ1) is 19.1. The molecule has 3 heterocycles. The molecular weight excluding hydrogens is 389 g/mol. The third-order valence-corrected chi connectivity index (χ3v) is 7.74. The second kappa shape index (κ2) is 7.20. The van der Waals surface area contributed by atoms with E-state index in [0.717, 1.165) is 49.1 Å². The van der Waals surface area contributed by atoms with E-state index in [2.05, 4.69) is 23.0 Å². The average Bonchev–Trinajstić information content (AvgIpc) is 3.43. The highest BCUT2D eigenvalue weighted by molar-refractivity contribution is 6.07. The molecule has 3 aliphatic rings. The van der Waals surface area contributed by atoms with Gasteiger partial charge in [0.2, 0.25) is 0 Å². The largest absolute Gasteiger partial charge is 0.358 e. The van der Waals surface area contributed by atoms with Crippen LogP contribution < -0.4 is 0 Å². The third-order valence-electron chi connectivity index (χ3n) is 7.74. The van der Waals surface area contributed by atoms with Crippen LogP contribution in [-0.2, 0) is 12.8 Å². The highest BCUT2D eigenvalue weighted by atomic mass is 19.1. The van der Waals surface area contributed by atoms with E-state index in [1.165, 1.54) is 35.6 Å². The molecule has 1 aromatic heterocycles. The van der Waals surface area contributed by atoms with Crippen molar-refractivity contribution in [2.75, 3.05) is 26.7 Å². The average molecular weight is 418 g/mol. The first-order chi connectivity index (χ1) is 15.1. The summed E-state index contributed by atoms with van der Waals surface area (Å²) in [5.41, 5.74) is 5.54. The zero-order chi connectivity index (χ0) is 21.1. The molecule has 6 rings (SSSR count). The van der Waals surface area contributed by atoms with Crippen LogP contribution in [0.5, 0.6) is 0 Å². The number of nitrogens with zero attached hydrogens (tertiary/aromatic N) is 2. The lowest BCUT2D eigenvalue weighted by Crippen LogP contribution is -2.33. The molecule has 5 heteroatoms. The van der Waals surface area contributed by atoms with Gasteiger partial charge in [0.15, 0.2) is 0 Å². The normalized spacial score (nSPS) is 25.7. The number of H-pyrrole nitrogens is 1. The molecule has 0 bridgehead atoms. The van der Waals surface area contributed by atoms with Gasteiger partial charge < -0.3 is 9.88 Å². The topological polar surface area (TPSA) is 39.3 Å². The lowest BCUT2D eigenvalue weighted by atomic mass is 9.89. The molecular formula is C26H28FN3O. The van der Waals surface area contributed by atoms with Gasteiger partial charge in [-0.2, -0.15) is 0 Å². The fourth-order valence-corrected chi connectivity index (χ4v) is 6.39. The Labute approximate surface area is 182 Å². The first-order valence-corrected chi connectivity index (χ1v) is 11.5. The number of halogens is 1. The maximum absolute atomic E-state index is 13.9. The lowest BCUT2D eigenvalue weighted by Gasteiger charge is -2.27. The molecule has 0 radical (unpaired) electrons. The number of aromatic amines is 1. The summed E-state index contributed by atoms with van der Waals surface area (Å²) in [6.45, 7) is 2.44. The highest BCUT2D eigenvalue weighted by Gasteiger charge is 2.47. The SMILES string of the molecule is CN1C[C@H]2CN(C(=O)c3cccc4c5c([nH]c34)CCCC5)C[C@H]2[C@@H]1c1cccc(F)c1. The van der Waals surface area contributed by atoms with Crippen molar-refractivity contribution in [1.29, 1.82) is 0 Å². The van der Waals surface area contributed by atoms with E-state index in [1.807, 2.05) is 23.1 Å². The Bertz CT molecular complexity index is 1170. The first-order valence-electron chi connectivity index (χ1n) is 11.5. The number of rotatable bonds is 2. The fourth-order valence-electron chi connectivity index (χ4n) is 6.39. The number of aromatic nitrogens is 1. The monoisotopic (exact) mass is 417 g/mol. The van der Waals surface area contributed by atoms with Crippen LogP contribution in [0.25, 0.3) is 10.9 Å². The van der Waals surface area contributed by atoms with E-state index in [-0.39, 0.29) is 17.8 Å². The van der Waals surface area contributed by atoms with Gasteiger partial charge in [-0.1, -0.05) is 24.3 Å². The number of hydrogen-bond acceptors (Lipinski definition) is 2. The van der Waals surface area contributed by atoms with E-state index in [9.17, 15) is 9.18 Å². The number of carbonyl (C=O) groups excluding carboxylic acids is 1. The number of hydrogen-bond donors (Lipinski definition) is 1. The maximum Gasteiger partial charge on any atom is 0.256 e. The molecule has 1 N–H and O–H groups in total. The summed E-state index contributed by atoms with van der Waals surface area (Å²) in [5.74, 6) is 0.701. The predicted molar refractivity (Wildman–Crippen MR) is 120 cm³/mol. The number of likely N-dealkylation sites (tertiary alicyclic amines) is 2. The number of amides is 1. The number of aryl methyl sites for hydroxylation is 2. The van der Waals surface area contributed by atoms with Crippen LogP contribution in [0, 0.1) is 17.7 Å². The zero-order valence-electron chi connectivity index (χ0n) is 17.9. The second-order valence-corrected chi connectivity index (χ2v) is 9.59. The summed E-state index contributed by atoms with van der Waals surface area (Å²) in [6, 6.07) is 13.3. The molecule has 1 aliphatic carbocycles. The van der Waals surface area contributed by atoms with Gasteiger partial charge in [0.25, 0.3) is 5.91 Å². The van der Waals surface area contributed by atoms with Gasteiger partial charge in [0.1, 0.15) is 5.82 Å². The Morgan fingerprint density at radius 1 is 1.06 bits per heavy atom. The minimum atomic E-state index is -0.192. The van der Waals surface area contributed by atoms with Crippen LogP contribution in [0.1, 0.15) is 46.1 Å². The van der Waals surface area contributed by atoms with E-state index < -0.39 is 0 Å². The Kier molecular flexibility index (Phi) is 4.42. The van der Waals surface area contributed by atoms with Crippen LogP contribution >= 0.6 is 0 Å². The van der Waals surface area contributed by atoms with Crippen LogP contribution in [-0.4, -0.2) is 47.4 Å². The van der Waals surface area contributed by atoms with Crippen LogP contribution in [0.15, 0.2) is 42.5 Å². The summed E-state index contributed by atoms with van der Waals surface area (Å²) in [4.78, 5) is 21.6. The van der Waals surface area contributed by atoms with Crippen molar-refractivity contribution in [3.8, 4) is 0 Å². The molecule has 0 saturated carbocycles. The maximum atomic E-state index is 13.9. The zero-order valence-corrected chi connectivity index (χ0v) is 17.9. The summed E-state index contributed by atoms with van der Waals surface area (Å²) in [5, 5.41) is 1.22. The van der Waals surface area contributed by atoms with E-state index >= 15 is 0 Å². The highest BCUT2D eigenvalue weighted by Crippen LogP contribution is 2.44. The molecule has 2 aliphatic heterocycles. The number of carbonyl (C=O) groups is 1. The minimum Gasteiger partial charge on any atom is -0.358 e. The molecule has 0 unspecified atom stereocenters. The molecule has 1 amide bonds. The van der Waals surface area contributed by atoms with Crippen LogP contribution in [0.2, 0.25) is 0 Å². The Balaban J connectivity index is 1.30. The molecule has 2 aromatic carbocycles. The second-order valence-electron chi connectivity index (χ2n) is 9.59. The number of nitrogens with one attached hydrogen (secondary N) is 1. The number of fused-ring (bicyclic) bond motifs is 4. The molecule has 3 aromatic rings. The summed E-state index contributed by atoms with van der Waals surface area (Å²) < 4.78 is 13.9. The van der Waals surface area contributed by atoms with Gasteiger partial charge in [-0.15, -0.1) is 0 Å². The van der Waals surface area contributed by atoms with Gasteiger partial charge >= 0.3 is 0 Å². The van der Waals surface area contributed by atoms with Crippen LogP contribution in [0.4, 0.5) is 4.39 Å². The number of para-hydroxylation sites is 1. The van der Waals surface area contributed by atoms with Crippen molar-refractivity contribution >= 4 is 16.8 Å². The van der Waals surface area contributed by atoms with Crippen LogP contribution in [0.3, 0.4) is 0 Å². The summed E-state index contributed by atoms with van der Waals surface area (Å²) in [7, 11) is 2.12. The Hall–Kier alpha value is -2.66. The molecule has 4 nitrogen and oxygen atoms in total. The minimum absolute atomic E-state index is 0.124. The van der Waals surface area contributed by atoms with E-state index in [4.69, 9.17) is 0 Å². The summed E-state index contributed by atoms with van der Waals surface area (Å²) >= 11 is 0. The van der Waals surface area contributed by atoms with E-state index in [1.54, 1.807) is 12.1 Å². The van der Waals surface area contributed by atoms with Crippen molar-refractivity contribution in [3.05, 3.63) is 70.7 Å². The van der Waals surface area contributed by atoms with Gasteiger partial charge in [-0.25, -0.2) is 4.39 Å². The third kappa shape index (κ3) is 3.01. The quantitative estimate of drug-likeness (QED) is 0.664. The van der Waals surface area contributed by atoms with Gasteiger partial charge in [0, 0.05) is 42.7 Å². The molecule has 160 valence electrons. The van der Waals surface area contributed by atoms with Gasteiger partial charge in [-0.3, -0.25) is 9.69 Å². The molecule has 0 spiro atoms. The van der Waals surface area contributed by atoms with E-state index in [0.29, 0.717) is 11.8 Å². The standard InChI is InChI=1S/C26H28FN3O/c1-29-13-17-14-30(15-22(17)25(29)16-6-4-7-18(27)12-16)26(31)21-10-5-9-20-19-8-2-3-11-23(19)28-24(20)21/h4-7,9-10,12,17,22,25,28H,2-3,8,11,13-15H2,1H3/t17-,22+,25-/m0/s1. The van der Waals surface area contributed by atoms with Crippen molar-refractivity contribution in [3.63, 3.8) is 0 Å². The Morgan fingerprint density at radius 3 is 2.77 bits per heavy atom. The van der Waals surface area contributed by atoms with Crippen molar-refractivity contribution in [1.82, 2.24) is 14.8 Å². The lowest BCUT2D eigenvalue weighted by molar-refractivity contribution is 0.0769. The number of benzene rings is 2. The smallest absolute Gasteiger partial charge is 0.256 e. The Morgan fingerprint density at radius 2 is 1.90 bits per heavy atom. The summed E-state index contributed by atoms with van der Waals surface area (Å²) in [6.07, 6.45) is 4.62. The van der Waals surface area contributed by atoms with Gasteiger partial charge in [-0.05, 0) is 68.0 Å². The fraction of sp³-hybridized carbons (Fsp3) is 0.423. The van der Waals surface area contributed by atoms with Crippen molar-refractivity contribution < 1.29 is 9.18 Å². The molecule has 31 heavy (non-hydrogen) atoms. The molecule has 2 fully saturated rings. The van der Waals surface area contributed by atoms with Crippen molar-refractivity contribution in [2.45, 2.75) is 31.7 Å². The molecule has 3 atom stereocenters. The molecule has 2 saturated heterocycles. The van der Waals surface area contributed by atoms with Gasteiger partial charge in [0.05, 0.1) is 11.1 Å².